The molecule has 23 heavy (non-hydrogen) atoms. The second kappa shape index (κ2) is 7.77. The van der Waals surface area contributed by atoms with E-state index in [0.29, 0.717) is 17.3 Å². The van der Waals surface area contributed by atoms with E-state index in [1.807, 2.05) is 0 Å². The molecule has 1 amide bonds. The van der Waals surface area contributed by atoms with E-state index < -0.39 is 23.1 Å². The van der Waals surface area contributed by atoms with Crippen molar-refractivity contribution in [1.29, 1.82) is 0 Å². The summed E-state index contributed by atoms with van der Waals surface area (Å²) >= 11 is 3.13. The number of halogens is 2. The summed E-state index contributed by atoms with van der Waals surface area (Å²) in [4.78, 5) is 23.3. The summed E-state index contributed by atoms with van der Waals surface area (Å²) in [5.41, 5.74) is -0.892. The van der Waals surface area contributed by atoms with Crippen molar-refractivity contribution in [1.82, 2.24) is 5.32 Å². The SMILES string of the molecule is O=C(COc1ccc(Br)cc1F)NCC1(C(=O)O)CCCCC1. The molecule has 0 radical (unpaired) electrons. The fourth-order valence-corrected chi connectivity index (χ4v) is 3.08. The number of carboxylic acid groups (broad SMARTS) is 1. The predicted octanol–water partition coefficient (Wildman–Crippen LogP) is 3.12. The van der Waals surface area contributed by atoms with Crippen LogP contribution in [0.25, 0.3) is 0 Å². The topological polar surface area (TPSA) is 75.6 Å². The van der Waals surface area contributed by atoms with Gasteiger partial charge in [0.15, 0.2) is 18.2 Å². The highest BCUT2D eigenvalue weighted by atomic mass is 79.9. The third kappa shape index (κ3) is 4.67. The van der Waals surface area contributed by atoms with Crippen LogP contribution in [-0.2, 0) is 9.59 Å². The van der Waals surface area contributed by atoms with Gasteiger partial charge >= 0.3 is 5.97 Å². The van der Waals surface area contributed by atoms with Crippen LogP contribution in [0.15, 0.2) is 22.7 Å². The van der Waals surface area contributed by atoms with Gasteiger partial charge in [-0.1, -0.05) is 35.2 Å². The van der Waals surface area contributed by atoms with Crippen LogP contribution in [0.2, 0.25) is 0 Å². The zero-order valence-corrected chi connectivity index (χ0v) is 14.2. The third-order valence-corrected chi connectivity index (χ3v) is 4.63. The van der Waals surface area contributed by atoms with Crippen LogP contribution in [0.4, 0.5) is 4.39 Å². The summed E-state index contributed by atoms with van der Waals surface area (Å²) in [6.07, 6.45) is 3.84. The number of aliphatic carboxylic acids is 1. The molecule has 1 aliphatic rings. The Labute approximate surface area is 142 Å². The third-order valence-electron chi connectivity index (χ3n) is 4.14. The van der Waals surface area contributed by atoms with Crippen LogP contribution in [0, 0.1) is 11.2 Å². The van der Waals surface area contributed by atoms with Crippen molar-refractivity contribution in [2.75, 3.05) is 13.2 Å². The Balaban J connectivity index is 1.85. The Bertz CT molecular complexity index is 587. The normalized spacial score (nSPS) is 16.6. The molecular formula is C16H19BrFNO4. The van der Waals surface area contributed by atoms with E-state index in [0.717, 1.165) is 19.3 Å². The van der Waals surface area contributed by atoms with Gasteiger partial charge in [-0.15, -0.1) is 0 Å². The van der Waals surface area contributed by atoms with Gasteiger partial charge < -0.3 is 15.2 Å². The van der Waals surface area contributed by atoms with Crippen molar-refractivity contribution in [3.8, 4) is 5.75 Å². The number of rotatable bonds is 6. The summed E-state index contributed by atoms with van der Waals surface area (Å²) < 4.78 is 19.3. The Hall–Kier alpha value is -1.63. The quantitative estimate of drug-likeness (QED) is 0.785. The van der Waals surface area contributed by atoms with Crippen LogP contribution in [0.1, 0.15) is 32.1 Å². The molecular weight excluding hydrogens is 369 g/mol. The number of ether oxygens (including phenoxy) is 1. The highest BCUT2D eigenvalue weighted by molar-refractivity contribution is 9.10. The zero-order valence-electron chi connectivity index (χ0n) is 12.6. The molecule has 1 saturated carbocycles. The number of carboxylic acids is 1. The van der Waals surface area contributed by atoms with E-state index >= 15 is 0 Å². The van der Waals surface area contributed by atoms with E-state index in [9.17, 15) is 19.1 Å². The van der Waals surface area contributed by atoms with Crippen LogP contribution < -0.4 is 10.1 Å². The number of amides is 1. The highest BCUT2D eigenvalue weighted by Crippen LogP contribution is 2.36. The number of nitrogens with one attached hydrogen (secondary N) is 1. The lowest BCUT2D eigenvalue weighted by Crippen LogP contribution is -2.45. The molecule has 0 saturated heterocycles. The van der Waals surface area contributed by atoms with Crippen molar-refractivity contribution in [2.45, 2.75) is 32.1 Å². The van der Waals surface area contributed by atoms with E-state index in [-0.39, 0.29) is 18.9 Å². The van der Waals surface area contributed by atoms with E-state index in [1.165, 1.54) is 12.1 Å². The molecule has 0 atom stereocenters. The average molecular weight is 388 g/mol. The predicted molar refractivity (Wildman–Crippen MR) is 85.8 cm³/mol. The highest BCUT2D eigenvalue weighted by Gasteiger charge is 2.39. The van der Waals surface area contributed by atoms with Crippen LogP contribution in [0.5, 0.6) is 5.75 Å². The molecule has 0 unspecified atom stereocenters. The van der Waals surface area contributed by atoms with Crippen molar-refractivity contribution < 1.29 is 23.8 Å². The summed E-state index contributed by atoms with van der Waals surface area (Å²) in [6.45, 7) is -0.276. The molecule has 2 rings (SSSR count). The minimum Gasteiger partial charge on any atom is -0.481 e. The van der Waals surface area contributed by atoms with Gasteiger partial charge in [-0.25, -0.2) is 4.39 Å². The molecule has 5 nitrogen and oxygen atoms in total. The Morgan fingerprint density at radius 2 is 2.00 bits per heavy atom. The van der Waals surface area contributed by atoms with Crippen molar-refractivity contribution in [2.24, 2.45) is 5.41 Å². The van der Waals surface area contributed by atoms with Gasteiger partial charge in [0.05, 0.1) is 5.41 Å². The number of carbonyl (C=O) groups is 2. The molecule has 126 valence electrons. The largest absolute Gasteiger partial charge is 0.481 e. The number of hydrogen-bond acceptors (Lipinski definition) is 3. The van der Waals surface area contributed by atoms with Gasteiger partial charge in [0, 0.05) is 11.0 Å². The monoisotopic (exact) mass is 387 g/mol. The first-order chi connectivity index (χ1) is 10.9. The van der Waals surface area contributed by atoms with E-state index in [2.05, 4.69) is 21.2 Å². The fourth-order valence-electron chi connectivity index (χ4n) is 2.75. The molecule has 7 heteroatoms. The molecule has 0 aliphatic heterocycles. The van der Waals surface area contributed by atoms with Gasteiger partial charge in [-0.3, -0.25) is 9.59 Å². The molecule has 0 aromatic heterocycles. The first kappa shape index (κ1) is 17.7. The minimum atomic E-state index is -0.892. The van der Waals surface area contributed by atoms with E-state index in [4.69, 9.17) is 4.74 Å². The van der Waals surface area contributed by atoms with Crippen LogP contribution in [0.3, 0.4) is 0 Å². The van der Waals surface area contributed by atoms with Crippen LogP contribution in [-0.4, -0.2) is 30.1 Å². The van der Waals surface area contributed by atoms with Crippen molar-refractivity contribution in [3.63, 3.8) is 0 Å². The average Bonchev–Trinajstić information content (AvgIpc) is 2.53. The Morgan fingerprint density at radius 1 is 1.30 bits per heavy atom. The maximum absolute atomic E-state index is 13.6. The van der Waals surface area contributed by atoms with Gasteiger partial charge in [0.2, 0.25) is 0 Å². The smallest absolute Gasteiger partial charge is 0.311 e. The van der Waals surface area contributed by atoms with Gasteiger partial charge in [0.1, 0.15) is 0 Å². The molecule has 0 spiro atoms. The van der Waals surface area contributed by atoms with Gasteiger partial charge in [0.25, 0.3) is 5.91 Å². The van der Waals surface area contributed by atoms with Gasteiger partial charge in [-0.05, 0) is 31.0 Å². The first-order valence-electron chi connectivity index (χ1n) is 7.51. The lowest BCUT2D eigenvalue weighted by Gasteiger charge is -2.33. The molecule has 0 heterocycles. The maximum Gasteiger partial charge on any atom is 0.311 e. The lowest BCUT2D eigenvalue weighted by molar-refractivity contribution is -0.151. The minimum absolute atomic E-state index is 0.0195. The molecule has 1 aromatic carbocycles. The number of carbonyl (C=O) groups excluding carboxylic acids is 1. The summed E-state index contributed by atoms with van der Waals surface area (Å²) in [5.74, 6) is -1.92. The lowest BCUT2D eigenvalue weighted by atomic mass is 9.74. The molecule has 1 fully saturated rings. The Morgan fingerprint density at radius 3 is 2.61 bits per heavy atom. The fraction of sp³-hybridized carbons (Fsp3) is 0.500. The van der Waals surface area contributed by atoms with Gasteiger partial charge in [-0.2, -0.15) is 0 Å². The maximum atomic E-state index is 13.6. The summed E-state index contributed by atoms with van der Waals surface area (Å²) in [7, 11) is 0. The molecule has 0 bridgehead atoms. The Kier molecular flexibility index (Phi) is 5.98. The number of benzene rings is 1. The molecule has 2 N–H and O–H groups in total. The van der Waals surface area contributed by atoms with E-state index in [1.54, 1.807) is 6.07 Å². The standard InChI is InChI=1S/C16H19BrFNO4/c17-11-4-5-13(12(18)8-11)23-9-14(20)19-10-16(15(21)22)6-2-1-3-7-16/h4-5,8H,1-3,6-7,9-10H2,(H,19,20)(H,21,22). The second-order valence-electron chi connectivity index (χ2n) is 5.79. The van der Waals surface area contributed by atoms with Crippen LogP contribution >= 0.6 is 15.9 Å². The van der Waals surface area contributed by atoms with Crippen molar-refractivity contribution >= 4 is 27.8 Å². The molecule has 1 aliphatic carbocycles. The summed E-state index contributed by atoms with van der Waals surface area (Å²) in [6, 6.07) is 4.28. The molecule has 1 aromatic rings. The zero-order chi connectivity index (χ0) is 16.9. The second-order valence-corrected chi connectivity index (χ2v) is 6.70. The van der Waals surface area contributed by atoms with Crippen molar-refractivity contribution in [3.05, 3.63) is 28.5 Å². The summed E-state index contributed by atoms with van der Waals surface area (Å²) in [5, 5.41) is 12.0. The first-order valence-corrected chi connectivity index (χ1v) is 8.30. The number of hydrogen-bond donors (Lipinski definition) is 2.